The highest BCUT2D eigenvalue weighted by atomic mass is 16.2. The fourth-order valence-corrected chi connectivity index (χ4v) is 2.10. The van der Waals surface area contributed by atoms with E-state index >= 15 is 0 Å². The van der Waals surface area contributed by atoms with Crippen molar-refractivity contribution < 1.29 is 9.59 Å². The average molecular weight is 168 g/mol. The van der Waals surface area contributed by atoms with Crippen LogP contribution in [-0.4, -0.2) is 12.1 Å². The molecule has 0 aromatic carbocycles. The van der Waals surface area contributed by atoms with E-state index in [1.807, 2.05) is 0 Å². The van der Waals surface area contributed by atoms with Crippen LogP contribution in [0.3, 0.4) is 0 Å². The molecule has 0 aromatic heterocycles. The summed E-state index contributed by atoms with van der Waals surface area (Å²) in [6.07, 6.45) is 2.42. The van der Waals surface area contributed by atoms with Gasteiger partial charge in [-0.2, -0.15) is 0 Å². The van der Waals surface area contributed by atoms with E-state index in [0.717, 1.165) is 12.8 Å². The smallest absolute Gasteiger partial charge is 0.198 e. The molecule has 12 heavy (non-hydrogen) atoms. The molecule has 2 nitrogen and oxygen atoms in total. The SMILES string of the molecule is CC1CCC(C(=O)C=O)C1(C)C. The quantitative estimate of drug-likeness (QED) is 0.465. The molecule has 0 spiro atoms. The normalized spacial score (nSPS) is 33.2. The Balaban J connectivity index is 2.81. The number of hydrogen-bond donors (Lipinski definition) is 0. The van der Waals surface area contributed by atoms with Crippen LogP contribution in [0.15, 0.2) is 0 Å². The minimum atomic E-state index is -0.218. The van der Waals surface area contributed by atoms with Crippen LogP contribution < -0.4 is 0 Å². The highest BCUT2D eigenvalue weighted by molar-refractivity contribution is 6.26. The lowest BCUT2D eigenvalue weighted by Gasteiger charge is -2.28. The van der Waals surface area contributed by atoms with Gasteiger partial charge in [0.05, 0.1) is 0 Å². The van der Waals surface area contributed by atoms with E-state index in [4.69, 9.17) is 0 Å². The number of rotatable bonds is 2. The maximum absolute atomic E-state index is 11.2. The third-order valence-corrected chi connectivity index (χ3v) is 3.52. The van der Waals surface area contributed by atoms with Crippen molar-refractivity contribution in [1.82, 2.24) is 0 Å². The summed E-state index contributed by atoms with van der Waals surface area (Å²) in [5, 5.41) is 0. The lowest BCUT2D eigenvalue weighted by atomic mass is 9.75. The van der Waals surface area contributed by atoms with E-state index in [0.29, 0.717) is 12.2 Å². The second kappa shape index (κ2) is 3.00. The van der Waals surface area contributed by atoms with Crippen LogP contribution in [0.2, 0.25) is 0 Å². The van der Waals surface area contributed by atoms with Crippen LogP contribution in [0.5, 0.6) is 0 Å². The number of Topliss-reactive ketones (excluding diaryl/α,β-unsaturated/α-hetero) is 1. The zero-order chi connectivity index (χ0) is 9.35. The van der Waals surface area contributed by atoms with Gasteiger partial charge in [0.15, 0.2) is 12.1 Å². The van der Waals surface area contributed by atoms with Crippen molar-refractivity contribution in [2.24, 2.45) is 17.3 Å². The minimum Gasteiger partial charge on any atom is -0.295 e. The van der Waals surface area contributed by atoms with Gasteiger partial charge in [0.25, 0.3) is 0 Å². The summed E-state index contributed by atoms with van der Waals surface area (Å²) in [4.78, 5) is 21.5. The molecule has 1 rings (SSSR count). The summed E-state index contributed by atoms with van der Waals surface area (Å²) >= 11 is 0. The second-order valence-electron chi connectivity index (χ2n) is 4.37. The van der Waals surface area contributed by atoms with Crippen LogP contribution >= 0.6 is 0 Å². The molecule has 0 saturated heterocycles. The molecule has 0 bridgehead atoms. The molecule has 1 saturated carbocycles. The van der Waals surface area contributed by atoms with Gasteiger partial charge >= 0.3 is 0 Å². The third kappa shape index (κ3) is 1.30. The summed E-state index contributed by atoms with van der Waals surface area (Å²) in [5.74, 6) is 0.292. The van der Waals surface area contributed by atoms with E-state index in [9.17, 15) is 9.59 Å². The lowest BCUT2D eigenvalue weighted by molar-refractivity contribution is -0.134. The molecule has 1 aliphatic carbocycles. The molecule has 68 valence electrons. The van der Waals surface area contributed by atoms with Crippen molar-refractivity contribution >= 4 is 12.1 Å². The fraction of sp³-hybridized carbons (Fsp3) is 0.800. The zero-order valence-electron chi connectivity index (χ0n) is 7.96. The Morgan fingerprint density at radius 1 is 1.42 bits per heavy atom. The van der Waals surface area contributed by atoms with Crippen molar-refractivity contribution in [2.45, 2.75) is 33.6 Å². The lowest BCUT2D eigenvalue weighted by Crippen LogP contribution is -2.30. The number of carbonyl (C=O) groups is 2. The molecule has 1 aliphatic rings. The molecule has 2 heteroatoms. The van der Waals surface area contributed by atoms with Crippen molar-refractivity contribution in [2.75, 3.05) is 0 Å². The van der Waals surface area contributed by atoms with Crippen LogP contribution in [0.1, 0.15) is 33.6 Å². The van der Waals surface area contributed by atoms with E-state index in [1.165, 1.54) is 0 Å². The average Bonchev–Trinajstić information content (AvgIpc) is 2.27. The molecule has 0 heterocycles. The number of hydrogen-bond acceptors (Lipinski definition) is 2. The fourth-order valence-electron chi connectivity index (χ4n) is 2.10. The van der Waals surface area contributed by atoms with Crippen LogP contribution in [0, 0.1) is 17.3 Å². The largest absolute Gasteiger partial charge is 0.295 e. The first-order valence-corrected chi connectivity index (χ1v) is 4.49. The van der Waals surface area contributed by atoms with Crippen LogP contribution in [0.25, 0.3) is 0 Å². The molecule has 2 unspecified atom stereocenters. The maximum Gasteiger partial charge on any atom is 0.198 e. The van der Waals surface area contributed by atoms with Crippen LogP contribution in [-0.2, 0) is 9.59 Å². The molecular weight excluding hydrogens is 152 g/mol. The van der Waals surface area contributed by atoms with Crippen LogP contribution in [0.4, 0.5) is 0 Å². The molecule has 1 fully saturated rings. The third-order valence-electron chi connectivity index (χ3n) is 3.52. The van der Waals surface area contributed by atoms with Crippen molar-refractivity contribution in [1.29, 1.82) is 0 Å². The Bertz CT molecular complexity index is 206. The molecular formula is C10H16O2. The summed E-state index contributed by atoms with van der Waals surface area (Å²) in [5.41, 5.74) is 0.0119. The summed E-state index contributed by atoms with van der Waals surface area (Å²) in [7, 11) is 0. The number of carbonyl (C=O) groups excluding carboxylic acids is 2. The Labute approximate surface area is 73.3 Å². The van der Waals surface area contributed by atoms with Gasteiger partial charge in [-0.05, 0) is 24.2 Å². The first-order valence-electron chi connectivity index (χ1n) is 4.49. The van der Waals surface area contributed by atoms with Gasteiger partial charge in [0.1, 0.15) is 0 Å². The molecule has 0 aliphatic heterocycles. The molecule has 0 radical (unpaired) electrons. The summed E-state index contributed by atoms with van der Waals surface area (Å²) < 4.78 is 0. The molecule has 2 atom stereocenters. The maximum atomic E-state index is 11.2. The standard InChI is InChI=1S/C10H16O2/c1-7-4-5-8(9(12)6-11)10(7,2)3/h6-8H,4-5H2,1-3H3. The highest BCUT2D eigenvalue weighted by Gasteiger charge is 2.43. The zero-order valence-corrected chi connectivity index (χ0v) is 7.96. The van der Waals surface area contributed by atoms with Crippen molar-refractivity contribution in [3.63, 3.8) is 0 Å². The predicted octanol–water partition coefficient (Wildman–Crippen LogP) is 1.83. The Morgan fingerprint density at radius 2 is 2.00 bits per heavy atom. The second-order valence-corrected chi connectivity index (χ2v) is 4.37. The Morgan fingerprint density at radius 3 is 2.33 bits per heavy atom. The Hall–Kier alpha value is -0.660. The van der Waals surface area contributed by atoms with Crippen molar-refractivity contribution in [3.8, 4) is 0 Å². The molecule has 0 aromatic rings. The van der Waals surface area contributed by atoms with Crippen molar-refractivity contribution in [3.05, 3.63) is 0 Å². The van der Waals surface area contributed by atoms with Gasteiger partial charge in [-0.3, -0.25) is 9.59 Å². The number of aldehydes is 1. The van der Waals surface area contributed by atoms with E-state index < -0.39 is 0 Å². The van der Waals surface area contributed by atoms with E-state index in [1.54, 1.807) is 0 Å². The highest BCUT2D eigenvalue weighted by Crippen LogP contribution is 2.47. The van der Waals surface area contributed by atoms with Gasteiger partial charge in [-0.25, -0.2) is 0 Å². The first-order chi connectivity index (χ1) is 5.50. The predicted molar refractivity (Wildman–Crippen MR) is 46.7 cm³/mol. The van der Waals surface area contributed by atoms with Gasteiger partial charge in [-0.15, -0.1) is 0 Å². The minimum absolute atomic E-state index is 0.0119. The topological polar surface area (TPSA) is 34.1 Å². The van der Waals surface area contributed by atoms with Gasteiger partial charge in [0, 0.05) is 5.92 Å². The van der Waals surface area contributed by atoms with E-state index in [2.05, 4.69) is 20.8 Å². The molecule has 0 amide bonds. The monoisotopic (exact) mass is 168 g/mol. The Kier molecular flexibility index (Phi) is 2.36. The van der Waals surface area contributed by atoms with Gasteiger partial charge < -0.3 is 0 Å². The van der Waals surface area contributed by atoms with E-state index in [-0.39, 0.29) is 17.1 Å². The van der Waals surface area contributed by atoms with Gasteiger partial charge in [-0.1, -0.05) is 20.8 Å². The van der Waals surface area contributed by atoms with Gasteiger partial charge in [0.2, 0.25) is 0 Å². The summed E-state index contributed by atoms with van der Waals surface area (Å²) in [6.45, 7) is 6.31. The first kappa shape index (κ1) is 9.43. The molecule has 0 N–H and O–H groups in total. The number of ketones is 1. The summed E-state index contributed by atoms with van der Waals surface area (Å²) in [6, 6.07) is 0.